The Morgan fingerprint density at radius 3 is 3.08 bits per heavy atom. The molecule has 12 heavy (non-hydrogen) atoms. The summed E-state index contributed by atoms with van der Waals surface area (Å²) in [5.74, 6) is 0. The number of rotatable bonds is 2. The first-order valence-corrected chi connectivity index (χ1v) is 3.69. The highest BCUT2D eigenvalue weighted by molar-refractivity contribution is 5.63. The number of hydrogen-bond acceptors (Lipinski definition) is 4. The third-order valence-electron chi connectivity index (χ3n) is 1.68. The first-order valence-electron chi connectivity index (χ1n) is 3.69. The average Bonchev–Trinajstić information content (AvgIpc) is 2.04. The van der Waals surface area contributed by atoms with Crippen LogP contribution in [-0.4, -0.2) is 53.7 Å². The van der Waals surface area contributed by atoms with Gasteiger partial charge in [-0.05, 0) is 0 Å². The number of carbonyl (C=O) groups is 1. The van der Waals surface area contributed by atoms with E-state index in [0.717, 1.165) is 0 Å². The summed E-state index contributed by atoms with van der Waals surface area (Å²) in [7, 11) is 0. The van der Waals surface area contributed by atoms with E-state index in [0.29, 0.717) is 19.8 Å². The lowest BCUT2D eigenvalue weighted by Gasteiger charge is -2.33. The zero-order valence-electron chi connectivity index (χ0n) is 6.56. The lowest BCUT2D eigenvalue weighted by Crippen LogP contribution is -2.55. The maximum Gasteiger partial charge on any atom is 0.419 e. The summed E-state index contributed by atoms with van der Waals surface area (Å²) in [6.45, 7) is 1.20. The standard InChI is InChI=1S/C6H12N2O4/c9-3-5-4-12-2-1-8(5)7-6(10)11/h5,7,9H,1-4H2,(H,10,11). The topological polar surface area (TPSA) is 82.0 Å². The Bertz CT molecular complexity index is 164. The smallest absolute Gasteiger partial charge is 0.419 e. The molecule has 1 atom stereocenters. The summed E-state index contributed by atoms with van der Waals surface area (Å²) in [4.78, 5) is 10.3. The van der Waals surface area contributed by atoms with Crippen molar-refractivity contribution in [3.8, 4) is 0 Å². The van der Waals surface area contributed by atoms with E-state index in [1.54, 1.807) is 0 Å². The minimum atomic E-state index is -1.12. The van der Waals surface area contributed by atoms with E-state index in [-0.39, 0.29) is 12.6 Å². The Kier molecular flexibility index (Phi) is 3.27. The van der Waals surface area contributed by atoms with Gasteiger partial charge in [0, 0.05) is 6.54 Å². The monoisotopic (exact) mass is 176 g/mol. The Labute approximate surface area is 69.7 Å². The molecule has 3 N–H and O–H groups in total. The zero-order chi connectivity index (χ0) is 8.97. The van der Waals surface area contributed by atoms with Gasteiger partial charge in [0.1, 0.15) is 0 Å². The lowest BCUT2D eigenvalue weighted by atomic mass is 10.3. The summed E-state index contributed by atoms with van der Waals surface area (Å²) >= 11 is 0. The highest BCUT2D eigenvalue weighted by Crippen LogP contribution is 2.02. The number of nitrogens with zero attached hydrogens (tertiary/aromatic N) is 1. The Hall–Kier alpha value is -0.850. The van der Waals surface area contributed by atoms with Crippen LogP contribution in [0.3, 0.4) is 0 Å². The molecule has 0 saturated carbocycles. The molecular weight excluding hydrogens is 164 g/mol. The fourth-order valence-electron chi connectivity index (χ4n) is 1.08. The minimum Gasteiger partial charge on any atom is -0.464 e. The fraction of sp³-hybridized carbons (Fsp3) is 0.833. The summed E-state index contributed by atoms with van der Waals surface area (Å²) < 4.78 is 5.05. The van der Waals surface area contributed by atoms with Crippen LogP contribution in [0.1, 0.15) is 0 Å². The molecule has 0 aromatic rings. The molecule has 0 aliphatic carbocycles. The van der Waals surface area contributed by atoms with Crippen molar-refractivity contribution in [3.05, 3.63) is 0 Å². The number of hydrazine groups is 1. The van der Waals surface area contributed by atoms with Crippen molar-refractivity contribution < 1.29 is 19.7 Å². The lowest BCUT2D eigenvalue weighted by molar-refractivity contribution is -0.0479. The van der Waals surface area contributed by atoms with E-state index in [4.69, 9.17) is 14.9 Å². The molecule has 70 valence electrons. The van der Waals surface area contributed by atoms with Gasteiger partial charge < -0.3 is 14.9 Å². The molecular formula is C6H12N2O4. The largest absolute Gasteiger partial charge is 0.464 e. The van der Waals surface area contributed by atoms with Crippen LogP contribution in [0.5, 0.6) is 0 Å². The highest BCUT2D eigenvalue weighted by atomic mass is 16.5. The van der Waals surface area contributed by atoms with Gasteiger partial charge in [0.15, 0.2) is 0 Å². The van der Waals surface area contributed by atoms with Crippen molar-refractivity contribution in [1.82, 2.24) is 10.4 Å². The molecule has 0 spiro atoms. The summed E-state index contributed by atoms with van der Waals surface area (Å²) in [6.07, 6.45) is -1.12. The van der Waals surface area contributed by atoms with Crippen molar-refractivity contribution in [1.29, 1.82) is 0 Å². The molecule has 1 fully saturated rings. The van der Waals surface area contributed by atoms with E-state index in [1.807, 2.05) is 0 Å². The van der Waals surface area contributed by atoms with Crippen LogP contribution in [0.15, 0.2) is 0 Å². The Morgan fingerprint density at radius 1 is 1.75 bits per heavy atom. The number of morpholine rings is 1. The number of nitrogens with one attached hydrogen (secondary N) is 1. The maximum absolute atomic E-state index is 10.3. The van der Waals surface area contributed by atoms with Crippen LogP contribution in [0, 0.1) is 0 Å². The number of aliphatic hydroxyl groups excluding tert-OH is 1. The van der Waals surface area contributed by atoms with Crippen LogP contribution in [0.25, 0.3) is 0 Å². The highest BCUT2D eigenvalue weighted by Gasteiger charge is 2.23. The van der Waals surface area contributed by atoms with Gasteiger partial charge in [-0.25, -0.2) is 9.80 Å². The predicted molar refractivity (Wildman–Crippen MR) is 39.6 cm³/mol. The molecule has 0 aromatic carbocycles. The second-order valence-electron chi connectivity index (χ2n) is 2.52. The number of carboxylic acid groups (broad SMARTS) is 1. The van der Waals surface area contributed by atoms with Gasteiger partial charge in [-0.15, -0.1) is 0 Å². The molecule has 1 saturated heterocycles. The van der Waals surface area contributed by atoms with Crippen LogP contribution >= 0.6 is 0 Å². The van der Waals surface area contributed by atoms with Gasteiger partial charge >= 0.3 is 6.09 Å². The molecule has 1 amide bonds. The minimum absolute atomic E-state index is 0.111. The second kappa shape index (κ2) is 4.24. The molecule has 0 aromatic heterocycles. The fourth-order valence-corrected chi connectivity index (χ4v) is 1.08. The molecule has 1 aliphatic rings. The second-order valence-corrected chi connectivity index (χ2v) is 2.52. The van der Waals surface area contributed by atoms with Crippen LogP contribution in [0.4, 0.5) is 4.79 Å². The van der Waals surface area contributed by atoms with E-state index in [1.165, 1.54) is 5.01 Å². The van der Waals surface area contributed by atoms with Crippen LogP contribution in [-0.2, 0) is 4.74 Å². The zero-order valence-corrected chi connectivity index (χ0v) is 6.56. The number of hydrogen-bond donors (Lipinski definition) is 3. The van der Waals surface area contributed by atoms with Crippen molar-refractivity contribution in [2.75, 3.05) is 26.4 Å². The third-order valence-corrected chi connectivity index (χ3v) is 1.68. The van der Waals surface area contributed by atoms with E-state index < -0.39 is 6.09 Å². The van der Waals surface area contributed by atoms with E-state index in [2.05, 4.69) is 5.43 Å². The van der Waals surface area contributed by atoms with Crippen molar-refractivity contribution in [3.63, 3.8) is 0 Å². The van der Waals surface area contributed by atoms with Gasteiger partial charge in [0.25, 0.3) is 0 Å². The molecule has 1 heterocycles. The average molecular weight is 176 g/mol. The van der Waals surface area contributed by atoms with Crippen molar-refractivity contribution in [2.45, 2.75) is 6.04 Å². The number of ether oxygens (including phenoxy) is 1. The van der Waals surface area contributed by atoms with Gasteiger partial charge in [0.2, 0.25) is 0 Å². The summed E-state index contributed by atoms with van der Waals surface area (Å²) in [6, 6.07) is -0.269. The maximum atomic E-state index is 10.3. The molecule has 1 rings (SSSR count). The first kappa shape index (κ1) is 9.24. The molecule has 1 unspecified atom stereocenters. The van der Waals surface area contributed by atoms with Gasteiger partial charge in [-0.1, -0.05) is 0 Å². The third kappa shape index (κ3) is 2.33. The van der Waals surface area contributed by atoms with Gasteiger partial charge in [-0.3, -0.25) is 5.43 Å². The molecule has 6 nitrogen and oxygen atoms in total. The van der Waals surface area contributed by atoms with Crippen molar-refractivity contribution >= 4 is 6.09 Å². The number of amides is 1. The number of aliphatic hydroxyl groups is 1. The quantitative estimate of drug-likeness (QED) is 0.495. The van der Waals surface area contributed by atoms with Crippen LogP contribution in [0.2, 0.25) is 0 Å². The van der Waals surface area contributed by atoms with Gasteiger partial charge in [-0.2, -0.15) is 0 Å². The van der Waals surface area contributed by atoms with E-state index >= 15 is 0 Å². The van der Waals surface area contributed by atoms with Crippen LogP contribution < -0.4 is 5.43 Å². The summed E-state index contributed by atoms with van der Waals surface area (Å²) in [5.41, 5.74) is 2.19. The van der Waals surface area contributed by atoms with E-state index in [9.17, 15) is 4.79 Å². The van der Waals surface area contributed by atoms with Crippen molar-refractivity contribution in [2.24, 2.45) is 0 Å². The predicted octanol–water partition coefficient (Wildman–Crippen LogP) is -1.14. The first-order chi connectivity index (χ1) is 5.74. The SMILES string of the molecule is O=C(O)NN1CCOCC1CO. The molecule has 0 radical (unpaired) electrons. The summed E-state index contributed by atoms with van der Waals surface area (Å²) in [5, 5.41) is 18.7. The normalized spacial score (nSPS) is 25.2. The Balaban J connectivity index is 2.41. The molecule has 0 bridgehead atoms. The van der Waals surface area contributed by atoms with Gasteiger partial charge in [0.05, 0.1) is 25.9 Å². The molecule has 1 aliphatic heterocycles. The molecule has 6 heteroatoms. The Morgan fingerprint density at radius 2 is 2.50 bits per heavy atom.